The molecule has 0 fully saturated rings. The van der Waals surface area contributed by atoms with Gasteiger partial charge in [0.2, 0.25) is 0 Å². The van der Waals surface area contributed by atoms with Gasteiger partial charge in [-0.3, -0.25) is 9.59 Å². The van der Waals surface area contributed by atoms with E-state index in [2.05, 4.69) is 5.32 Å². The quantitative estimate of drug-likeness (QED) is 0.508. The summed E-state index contributed by atoms with van der Waals surface area (Å²) in [7, 11) is 0. The fourth-order valence-electron chi connectivity index (χ4n) is 3.83. The SMILES string of the molecule is CCCOc1ccc(C2=C(Nc3ccccc3)C(=O)N(c3cc(C)cc(C)c3)C2=O)cc1. The van der Waals surface area contributed by atoms with Crippen LogP contribution in [0.25, 0.3) is 5.57 Å². The number of rotatable bonds is 7. The molecule has 1 N–H and O–H groups in total. The number of anilines is 2. The van der Waals surface area contributed by atoms with Gasteiger partial charge in [0.05, 0.1) is 17.9 Å². The molecule has 0 bridgehead atoms. The van der Waals surface area contributed by atoms with E-state index in [1.807, 2.05) is 93.6 Å². The van der Waals surface area contributed by atoms with E-state index >= 15 is 0 Å². The van der Waals surface area contributed by atoms with E-state index in [1.54, 1.807) is 0 Å². The third kappa shape index (κ3) is 4.28. The number of amides is 2. The fourth-order valence-corrected chi connectivity index (χ4v) is 3.83. The predicted octanol–water partition coefficient (Wildman–Crippen LogP) is 5.49. The van der Waals surface area contributed by atoms with Gasteiger partial charge in [0, 0.05) is 5.69 Å². The van der Waals surface area contributed by atoms with Gasteiger partial charge in [-0.05, 0) is 73.4 Å². The van der Waals surface area contributed by atoms with E-state index in [0.717, 1.165) is 29.0 Å². The Kier molecular flexibility index (Phi) is 6.08. The van der Waals surface area contributed by atoms with Gasteiger partial charge in [-0.25, -0.2) is 4.90 Å². The minimum Gasteiger partial charge on any atom is -0.494 e. The maximum Gasteiger partial charge on any atom is 0.282 e. The van der Waals surface area contributed by atoms with E-state index in [0.29, 0.717) is 23.4 Å². The molecule has 3 aromatic rings. The van der Waals surface area contributed by atoms with Crippen LogP contribution >= 0.6 is 0 Å². The Bertz CT molecular complexity index is 1160. The van der Waals surface area contributed by atoms with E-state index in [1.165, 1.54) is 4.90 Å². The van der Waals surface area contributed by atoms with Gasteiger partial charge in [-0.15, -0.1) is 0 Å². The molecule has 5 nitrogen and oxygen atoms in total. The van der Waals surface area contributed by atoms with Crippen molar-refractivity contribution in [1.82, 2.24) is 0 Å². The number of nitrogens with one attached hydrogen (secondary N) is 1. The lowest BCUT2D eigenvalue weighted by molar-refractivity contribution is -0.120. The highest BCUT2D eigenvalue weighted by Crippen LogP contribution is 2.35. The van der Waals surface area contributed by atoms with E-state index < -0.39 is 0 Å². The zero-order valence-electron chi connectivity index (χ0n) is 18.5. The number of imide groups is 1. The summed E-state index contributed by atoms with van der Waals surface area (Å²) in [6, 6.07) is 22.4. The number of aryl methyl sites for hydroxylation is 2. The Morgan fingerprint density at radius 2 is 1.50 bits per heavy atom. The molecule has 0 saturated heterocycles. The number of carbonyl (C=O) groups is 2. The van der Waals surface area contributed by atoms with Crippen LogP contribution in [0.15, 0.2) is 78.5 Å². The Balaban J connectivity index is 1.77. The third-order valence-corrected chi connectivity index (χ3v) is 5.21. The molecule has 0 aromatic heterocycles. The molecule has 5 heteroatoms. The zero-order valence-corrected chi connectivity index (χ0v) is 18.5. The van der Waals surface area contributed by atoms with Crippen LogP contribution in [0.2, 0.25) is 0 Å². The molecule has 1 aliphatic heterocycles. The van der Waals surface area contributed by atoms with Crippen LogP contribution in [-0.4, -0.2) is 18.4 Å². The van der Waals surface area contributed by atoms with Crippen LogP contribution in [-0.2, 0) is 9.59 Å². The number of ether oxygens (including phenoxy) is 1. The first-order valence-corrected chi connectivity index (χ1v) is 10.7. The highest BCUT2D eigenvalue weighted by Gasteiger charge is 2.40. The fraction of sp³-hybridized carbons (Fsp3) is 0.185. The highest BCUT2D eigenvalue weighted by molar-refractivity contribution is 6.46. The summed E-state index contributed by atoms with van der Waals surface area (Å²) in [4.78, 5) is 28.3. The summed E-state index contributed by atoms with van der Waals surface area (Å²) >= 11 is 0. The molecule has 0 unspecified atom stereocenters. The van der Waals surface area contributed by atoms with Crippen LogP contribution in [0.1, 0.15) is 30.0 Å². The molecular formula is C27H26N2O3. The zero-order chi connectivity index (χ0) is 22.7. The normalized spacial score (nSPS) is 13.7. The van der Waals surface area contributed by atoms with Gasteiger partial charge in [-0.1, -0.05) is 43.3 Å². The lowest BCUT2D eigenvalue weighted by atomic mass is 10.0. The van der Waals surface area contributed by atoms with Crippen LogP contribution in [0, 0.1) is 13.8 Å². The first-order chi connectivity index (χ1) is 15.5. The molecule has 3 aromatic carbocycles. The van der Waals surface area contributed by atoms with Crippen molar-refractivity contribution in [2.24, 2.45) is 0 Å². The molecule has 0 spiro atoms. The number of nitrogens with zero attached hydrogens (tertiary/aromatic N) is 1. The van der Waals surface area contributed by atoms with E-state index in [9.17, 15) is 9.59 Å². The monoisotopic (exact) mass is 426 g/mol. The molecule has 2 amide bonds. The smallest absolute Gasteiger partial charge is 0.282 e. The molecule has 32 heavy (non-hydrogen) atoms. The van der Waals surface area contributed by atoms with E-state index in [4.69, 9.17) is 4.74 Å². The molecular weight excluding hydrogens is 400 g/mol. The standard InChI is InChI=1S/C27H26N2O3/c1-4-14-32-23-12-10-20(11-13-23)24-25(28-21-8-6-5-7-9-21)27(31)29(26(24)30)22-16-18(2)15-19(3)17-22/h5-13,15-17,28H,4,14H2,1-3H3. The number of hydrogen-bond donors (Lipinski definition) is 1. The van der Waals surface area contributed by atoms with Crippen molar-refractivity contribution < 1.29 is 14.3 Å². The van der Waals surface area contributed by atoms with Crippen LogP contribution < -0.4 is 15.0 Å². The molecule has 162 valence electrons. The maximum atomic E-state index is 13.6. The summed E-state index contributed by atoms with van der Waals surface area (Å²) in [5.74, 6) is 0.0162. The Morgan fingerprint density at radius 3 is 2.12 bits per heavy atom. The number of para-hydroxylation sites is 1. The second-order valence-corrected chi connectivity index (χ2v) is 7.91. The first-order valence-electron chi connectivity index (χ1n) is 10.7. The average Bonchev–Trinajstić information content (AvgIpc) is 3.02. The van der Waals surface area contributed by atoms with Gasteiger partial charge >= 0.3 is 0 Å². The maximum absolute atomic E-state index is 13.6. The predicted molar refractivity (Wildman–Crippen MR) is 128 cm³/mol. The number of benzene rings is 3. The third-order valence-electron chi connectivity index (χ3n) is 5.21. The molecule has 0 atom stereocenters. The van der Waals surface area contributed by atoms with Crippen molar-refractivity contribution in [3.8, 4) is 5.75 Å². The van der Waals surface area contributed by atoms with Crippen molar-refractivity contribution >= 4 is 28.8 Å². The topological polar surface area (TPSA) is 58.6 Å². The number of carbonyl (C=O) groups excluding carboxylic acids is 2. The summed E-state index contributed by atoms with van der Waals surface area (Å²) in [6.45, 7) is 6.58. The van der Waals surface area contributed by atoms with Crippen LogP contribution in [0.3, 0.4) is 0 Å². The largest absolute Gasteiger partial charge is 0.494 e. The minimum absolute atomic E-state index is 0.266. The first kappa shape index (κ1) is 21.4. The molecule has 1 aliphatic rings. The summed E-state index contributed by atoms with van der Waals surface area (Å²) < 4.78 is 5.67. The van der Waals surface area contributed by atoms with Crippen LogP contribution in [0.5, 0.6) is 5.75 Å². The van der Waals surface area contributed by atoms with Crippen molar-refractivity contribution in [1.29, 1.82) is 0 Å². The Morgan fingerprint density at radius 1 is 0.844 bits per heavy atom. The number of hydrogen-bond acceptors (Lipinski definition) is 4. The van der Waals surface area contributed by atoms with Crippen molar-refractivity contribution in [3.63, 3.8) is 0 Å². The van der Waals surface area contributed by atoms with Gasteiger partial charge in [0.1, 0.15) is 11.4 Å². The van der Waals surface area contributed by atoms with Gasteiger partial charge in [-0.2, -0.15) is 0 Å². The van der Waals surface area contributed by atoms with Crippen molar-refractivity contribution in [2.45, 2.75) is 27.2 Å². The molecule has 4 rings (SSSR count). The van der Waals surface area contributed by atoms with E-state index in [-0.39, 0.29) is 17.5 Å². The minimum atomic E-state index is -0.370. The van der Waals surface area contributed by atoms with Crippen LogP contribution in [0.4, 0.5) is 11.4 Å². The highest BCUT2D eigenvalue weighted by atomic mass is 16.5. The molecule has 1 heterocycles. The second-order valence-electron chi connectivity index (χ2n) is 7.91. The van der Waals surface area contributed by atoms with Crippen molar-refractivity contribution in [2.75, 3.05) is 16.8 Å². The lowest BCUT2D eigenvalue weighted by Crippen LogP contribution is -2.32. The summed E-state index contributed by atoms with van der Waals surface area (Å²) in [5, 5.41) is 3.18. The summed E-state index contributed by atoms with van der Waals surface area (Å²) in [5.41, 5.74) is 4.57. The van der Waals surface area contributed by atoms with Gasteiger partial charge in [0.15, 0.2) is 0 Å². The Labute approximate surface area is 188 Å². The van der Waals surface area contributed by atoms with Crippen molar-refractivity contribution in [3.05, 3.63) is 95.2 Å². The average molecular weight is 427 g/mol. The van der Waals surface area contributed by atoms with Gasteiger partial charge in [0.25, 0.3) is 11.8 Å². The van der Waals surface area contributed by atoms with Gasteiger partial charge < -0.3 is 10.1 Å². The molecule has 0 aliphatic carbocycles. The lowest BCUT2D eigenvalue weighted by Gasteiger charge is -2.17. The molecule has 0 saturated carbocycles. The summed E-state index contributed by atoms with van der Waals surface area (Å²) in [6.07, 6.45) is 0.913. The molecule has 0 radical (unpaired) electrons. The Hall–Kier alpha value is -3.86. The second kappa shape index (κ2) is 9.10.